The number of benzene rings is 2. The van der Waals surface area contributed by atoms with E-state index < -0.39 is 0 Å². The topological polar surface area (TPSA) is 29.5 Å². The standard InChI is InChI=1S/C19H23NO2/c1-4-20(13-18-8-6-5-7-15(18)2)19(21)17-11-9-16(10-12-17)14-22-3/h5-12H,4,13-14H2,1-3H3. The third-order valence-electron chi connectivity index (χ3n) is 3.80. The number of rotatable bonds is 6. The van der Waals surface area contributed by atoms with E-state index in [1.807, 2.05) is 48.2 Å². The number of carbonyl (C=O) groups excluding carboxylic acids is 1. The van der Waals surface area contributed by atoms with E-state index in [0.717, 1.165) is 11.1 Å². The monoisotopic (exact) mass is 297 g/mol. The highest BCUT2D eigenvalue weighted by Gasteiger charge is 2.15. The normalized spacial score (nSPS) is 10.5. The molecule has 0 radical (unpaired) electrons. The molecule has 1 amide bonds. The zero-order chi connectivity index (χ0) is 15.9. The average molecular weight is 297 g/mol. The third kappa shape index (κ3) is 3.95. The fourth-order valence-corrected chi connectivity index (χ4v) is 2.41. The van der Waals surface area contributed by atoms with Gasteiger partial charge in [-0.1, -0.05) is 36.4 Å². The summed E-state index contributed by atoms with van der Waals surface area (Å²) in [5.41, 5.74) is 4.19. The van der Waals surface area contributed by atoms with E-state index in [4.69, 9.17) is 4.74 Å². The zero-order valence-corrected chi connectivity index (χ0v) is 13.5. The first-order chi connectivity index (χ1) is 10.7. The predicted molar refractivity (Wildman–Crippen MR) is 88.7 cm³/mol. The van der Waals surface area contributed by atoms with Gasteiger partial charge in [0.25, 0.3) is 5.91 Å². The molecule has 0 atom stereocenters. The molecule has 2 rings (SSSR count). The van der Waals surface area contributed by atoms with Gasteiger partial charge in [-0.15, -0.1) is 0 Å². The van der Waals surface area contributed by atoms with E-state index in [2.05, 4.69) is 19.1 Å². The summed E-state index contributed by atoms with van der Waals surface area (Å²) in [7, 11) is 1.67. The lowest BCUT2D eigenvalue weighted by molar-refractivity contribution is 0.0752. The Morgan fingerprint density at radius 1 is 1.09 bits per heavy atom. The summed E-state index contributed by atoms with van der Waals surface area (Å²) in [6.07, 6.45) is 0. The van der Waals surface area contributed by atoms with Gasteiger partial charge in [-0.3, -0.25) is 4.79 Å². The largest absolute Gasteiger partial charge is 0.380 e. The SMILES string of the molecule is CCN(Cc1ccccc1C)C(=O)c1ccc(COC)cc1. The highest BCUT2D eigenvalue weighted by atomic mass is 16.5. The third-order valence-corrected chi connectivity index (χ3v) is 3.80. The second-order valence-corrected chi connectivity index (χ2v) is 5.38. The average Bonchev–Trinajstić information content (AvgIpc) is 2.54. The highest BCUT2D eigenvalue weighted by molar-refractivity contribution is 5.94. The molecule has 2 aromatic rings. The Labute approximate surface area is 132 Å². The van der Waals surface area contributed by atoms with Gasteiger partial charge in [0.05, 0.1) is 6.61 Å². The molecule has 3 heteroatoms. The van der Waals surface area contributed by atoms with Crippen molar-refractivity contribution in [3.8, 4) is 0 Å². The van der Waals surface area contributed by atoms with E-state index in [1.165, 1.54) is 11.1 Å². The van der Waals surface area contributed by atoms with Crippen molar-refractivity contribution in [1.29, 1.82) is 0 Å². The lowest BCUT2D eigenvalue weighted by Crippen LogP contribution is -2.30. The fraction of sp³-hybridized carbons (Fsp3) is 0.316. The van der Waals surface area contributed by atoms with Crippen LogP contribution in [0.2, 0.25) is 0 Å². The second kappa shape index (κ2) is 7.76. The molecule has 0 saturated carbocycles. The Balaban J connectivity index is 2.13. The van der Waals surface area contributed by atoms with Crippen molar-refractivity contribution in [2.45, 2.75) is 27.0 Å². The number of amides is 1. The summed E-state index contributed by atoms with van der Waals surface area (Å²) < 4.78 is 5.09. The van der Waals surface area contributed by atoms with Gasteiger partial charge in [0, 0.05) is 25.8 Å². The van der Waals surface area contributed by atoms with Crippen molar-refractivity contribution in [1.82, 2.24) is 4.90 Å². The number of carbonyl (C=O) groups is 1. The van der Waals surface area contributed by atoms with Gasteiger partial charge in [-0.05, 0) is 42.7 Å². The van der Waals surface area contributed by atoms with Crippen LogP contribution in [0.5, 0.6) is 0 Å². The molecule has 0 saturated heterocycles. The molecule has 0 aliphatic rings. The van der Waals surface area contributed by atoms with Gasteiger partial charge in [-0.2, -0.15) is 0 Å². The van der Waals surface area contributed by atoms with Crippen LogP contribution in [0.25, 0.3) is 0 Å². The molecule has 0 fully saturated rings. The van der Waals surface area contributed by atoms with Crippen molar-refractivity contribution >= 4 is 5.91 Å². The Bertz CT molecular complexity index is 620. The molecule has 2 aromatic carbocycles. The maximum absolute atomic E-state index is 12.7. The molecule has 0 unspecified atom stereocenters. The fourth-order valence-electron chi connectivity index (χ4n) is 2.41. The Morgan fingerprint density at radius 2 is 1.77 bits per heavy atom. The Morgan fingerprint density at radius 3 is 2.36 bits per heavy atom. The molecule has 22 heavy (non-hydrogen) atoms. The van der Waals surface area contributed by atoms with E-state index in [0.29, 0.717) is 19.7 Å². The van der Waals surface area contributed by atoms with Crippen LogP contribution in [0.1, 0.15) is 34.0 Å². The number of aryl methyl sites for hydroxylation is 1. The summed E-state index contributed by atoms with van der Waals surface area (Å²) in [6.45, 7) is 5.98. The predicted octanol–water partition coefficient (Wildman–Crippen LogP) is 3.80. The van der Waals surface area contributed by atoms with Crippen LogP contribution >= 0.6 is 0 Å². The Hall–Kier alpha value is -2.13. The van der Waals surface area contributed by atoms with Crippen LogP contribution in [0.3, 0.4) is 0 Å². The second-order valence-electron chi connectivity index (χ2n) is 5.38. The van der Waals surface area contributed by atoms with Crippen LogP contribution in [0, 0.1) is 6.92 Å². The smallest absolute Gasteiger partial charge is 0.254 e. The maximum atomic E-state index is 12.7. The summed E-state index contributed by atoms with van der Waals surface area (Å²) in [4.78, 5) is 14.5. The number of hydrogen-bond acceptors (Lipinski definition) is 2. The van der Waals surface area contributed by atoms with E-state index in [9.17, 15) is 4.79 Å². The van der Waals surface area contributed by atoms with Crippen LogP contribution in [0.4, 0.5) is 0 Å². The van der Waals surface area contributed by atoms with E-state index in [1.54, 1.807) is 7.11 Å². The molecule has 0 heterocycles. The van der Waals surface area contributed by atoms with E-state index >= 15 is 0 Å². The van der Waals surface area contributed by atoms with Crippen LogP contribution in [-0.2, 0) is 17.9 Å². The minimum Gasteiger partial charge on any atom is -0.380 e. The molecule has 0 bridgehead atoms. The van der Waals surface area contributed by atoms with Crippen molar-refractivity contribution < 1.29 is 9.53 Å². The quantitative estimate of drug-likeness (QED) is 0.811. The van der Waals surface area contributed by atoms with Gasteiger partial charge in [-0.25, -0.2) is 0 Å². The van der Waals surface area contributed by atoms with Gasteiger partial charge in [0.1, 0.15) is 0 Å². The number of nitrogens with zero attached hydrogens (tertiary/aromatic N) is 1. The minimum absolute atomic E-state index is 0.0646. The summed E-state index contributed by atoms with van der Waals surface area (Å²) >= 11 is 0. The summed E-state index contributed by atoms with van der Waals surface area (Å²) in [6, 6.07) is 15.8. The molecule has 3 nitrogen and oxygen atoms in total. The minimum atomic E-state index is 0.0646. The molecular formula is C19H23NO2. The zero-order valence-electron chi connectivity index (χ0n) is 13.5. The molecule has 0 N–H and O–H groups in total. The highest BCUT2D eigenvalue weighted by Crippen LogP contribution is 2.14. The van der Waals surface area contributed by atoms with Gasteiger partial charge >= 0.3 is 0 Å². The van der Waals surface area contributed by atoms with Crippen LogP contribution < -0.4 is 0 Å². The lowest BCUT2D eigenvalue weighted by atomic mass is 10.1. The first-order valence-corrected chi connectivity index (χ1v) is 7.57. The van der Waals surface area contributed by atoms with Crippen LogP contribution in [0.15, 0.2) is 48.5 Å². The molecule has 0 aliphatic heterocycles. The van der Waals surface area contributed by atoms with E-state index in [-0.39, 0.29) is 5.91 Å². The summed E-state index contributed by atoms with van der Waals surface area (Å²) in [5, 5.41) is 0. The molecule has 0 spiro atoms. The van der Waals surface area contributed by atoms with Crippen molar-refractivity contribution in [3.05, 3.63) is 70.8 Å². The van der Waals surface area contributed by atoms with Gasteiger partial charge in [0.2, 0.25) is 0 Å². The first-order valence-electron chi connectivity index (χ1n) is 7.57. The van der Waals surface area contributed by atoms with Gasteiger partial charge in [0.15, 0.2) is 0 Å². The molecule has 0 aliphatic carbocycles. The maximum Gasteiger partial charge on any atom is 0.254 e. The lowest BCUT2D eigenvalue weighted by Gasteiger charge is -2.22. The first kappa shape index (κ1) is 16.2. The summed E-state index contributed by atoms with van der Waals surface area (Å²) in [5.74, 6) is 0.0646. The molecular weight excluding hydrogens is 274 g/mol. The van der Waals surface area contributed by atoms with Gasteiger partial charge < -0.3 is 9.64 Å². The molecule has 0 aromatic heterocycles. The Kier molecular flexibility index (Phi) is 5.73. The number of hydrogen-bond donors (Lipinski definition) is 0. The van der Waals surface area contributed by atoms with Crippen LogP contribution in [-0.4, -0.2) is 24.5 Å². The van der Waals surface area contributed by atoms with Crippen molar-refractivity contribution in [2.75, 3.05) is 13.7 Å². The van der Waals surface area contributed by atoms with Crippen molar-refractivity contribution in [2.24, 2.45) is 0 Å². The number of methoxy groups -OCH3 is 1. The molecule has 116 valence electrons. The van der Waals surface area contributed by atoms with Crippen molar-refractivity contribution in [3.63, 3.8) is 0 Å². The number of ether oxygens (including phenoxy) is 1.